The molecule has 1 aromatic carbocycles. The highest BCUT2D eigenvalue weighted by Crippen LogP contribution is 2.28. The van der Waals surface area contributed by atoms with Gasteiger partial charge in [-0.05, 0) is 5.92 Å². The summed E-state index contributed by atoms with van der Waals surface area (Å²) in [5.74, 6) is -0.391. The second-order valence-corrected chi connectivity index (χ2v) is 5.33. The lowest BCUT2D eigenvalue weighted by atomic mass is 10.0. The van der Waals surface area contributed by atoms with Gasteiger partial charge in [0.05, 0.1) is 33.8 Å². The molecule has 0 aromatic heterocycles. The highest BCUT2D eigenvalue weighted by molar-refractivity contribution is 6.34. The number of rotatable bonds is 6. The predicted octanol–water partition coefficient (Wildman–Crippen LogP) is 2.23. The molecular weight excluding hydrogens is 298 g/mol. The van der Waals surface area contributed by atoms with E-state index in [0.717, 1.165) is 12.1 Å². The fraction of sp³-hybridized carbons (Fsp3) is 0.462. The number of nitrogen functional groups attached to an aromatic ring is 1. The minimum atomic E-state index is -0.628. The molecule has 0 aliphatic rings. The Hall–Kier alpha value is -1.86. The molecule has 1 rings (SSSR count). The van der Waals surface area contributed by atoms with Crippen molar-refractivity contribution >= 4 is 28.9 Å². The highest BCUT2D eigenvalue weighted by atomic mass is 35.5. The number of anilines is 1. The monoisotopic (exact) mass is 315 g/mol. The molecule has 0 heterocycles. The fourth-order valence-corrected chi connectivity index (χ4v) is 1.94. The van der Waals surface area contributed by atoms with E-state index >= 15 is 0 Å². The van der Waals surface area contributed by atoms with E-state index in [1.165, 1.54) is 7.11 Å². The first-order valence-electron chi connectivity index (χ1n) is 6.31. The second-order valence-electron chi connectivity index (χ2n) is 4.93. The molecule has 1 aromatic rings. The zero-order valence-electron chi connectivity index (χ0n) is 12.1. The number of methoxy groups -OCH3 is 1. The van der Waals surface area contributed by atoms with E-state index < -0.39 is 10.8 Å². The molecule has 3 N–H and O–H groups in total. The first-order valence-corrected chi connectivity index (χ1v) is 6.69. The number of ether oxygens (including phenoxy) is 1. The van der Waals surface area contributed by atoms with Crippen LogP contribution in [0.15, 0.2) is 12.1 Å². The van der Waals surface area contributed by atoms with Gasteiger partial charge in [0.25, 0.3) is 11.6 Å². The van der Waals surface area contributed by atoms with Crippen LogP contribution in [0.4, 0.5) is 11.4 Å². The average Bonchev–Trinajstić information content (AvgIpc) is 2.40. The van der Waals surface area contributed by atoms with E-state index in [9.17, 15) is 14.9 Å². The number of nitrogens with zero attached hydrogens (tertiary/aromatic N) is 1. The molecule has 1 amide bonds. The fourth-order valence-electron chi connectivity index (χ4n) is 1.72. The van der Waals surface area contributed by atoms with Crippen LogP contribution in [0.2, 0.25) is 5.02 Å². The minimum Gasteiger partial charge on any atom is -0.397 e. The first-order chi connectivity index (χ1) is 9.77. The second kappa shape index (κ2) is 7.24. The number of amides is 1. The molecule has 1 atom stereocenters. The van der Waals surface area contributed by atoms with Crippen molar-refractivity contribution in [2.45, 2.75) is 19.9 Å². The van der Waals surface area contributed by atoms with Crippen LogP contribution in [-0.2, 0) is 4.74 Å². The van der Waals surface area contributed by atoms with Gasteiger partial charge in [0.15, 0.2) is 0 Å². The van der Waals surface area contributed by atoms with Gasteiger partial charge in [-0.2, -0.15) is 0 Å². The van der Waals surface area contributed by atoms with E-state index in [0.29, 0.717) is 6.61 Å². The molecule has 0 aliphatic carbocycles. The summed E-state index contributed by atoms with van der Waals surface area (Å²) >= 11 is 5.83. The molecule has 0 saturated heterocycles. The Morgan fingerprint density at radius 3 is 2.62 bits per heavy atom. The minimum absolute atomic E-state index is 0.0136. The van der Waals surface area contributed by atoms with E-state index in [1.807, 2.05) is 13.8 Å². The number of nitrogens with one attached hydrogen (secondary N) is 1. The zero-order chi connectivity index (χ0) is 16.2. The van der Waals surface area contributed by atoms with E-state index in [2.05, 4.69) is 5.32 Å². The highest BCUT2D eigenvalue weighted by Gasteiger charge is 2.22. The third-order valence-electron chi connectivity index (χ3n) is 3.04. The maximum atomic E-state index is 12.3. The summed E-state index contributed by atoms with van der Waals surface area (Å²) in [6.07, 6.45) is 0. The summed E-state index contributed by atoms with van der Waals surface area (Å²) in [6.45, 7) is 4.17. The van der Waals surface area contributed by atoms with Crippen LogP contribution in [0.3, 0.4) is 0 Å². The maximum absolute atomic E-state index is 12.3. The van der Waals surface area contributed by atoms with Gasteiger partial charge in [-0.15, -0.1) is 0 Å². The standard InChI is InChI=1S/C13H18ClN3O4/c1-7(2)11(6-21-3)16-13(18)9-4-8(17(19)20)5-10(14)12(9)15/h4-5,7,11H,6,15H2,1-3H3,(H,16,18). The summed E-state index contributed by atoms with van der Waals surface area (Å²) < 4.78 is 5.04. The normalized spacial score (nSPS) is 12.2. The summed E-state index contributed by atoms with van der Waals surface area (Å²) in [6, 6.07) is 1.99. The predicted molar refractivity (Wildman–Crippen MR) is 80.5 cm³/mol. The number of benzene rings is 1. The molecule has 0 radical (unpaired) electrons. The van der Waals surface area contributed by atoms with Gasteiger partial charge in [0.2, 0.25) is 0 Å². The topological polar surface area (TPSA) is 107 Å². The molecule has 0 bridgehead atoms. The lowest BCUT2D eigenvalue weighted by Gasteiger charge is -2.22. The largest absolute Gasteiger partial charge is 0.397 e. The average molecular weight is 316 g/mol. The van der Waals surface area contributed by atoms with Gasteiger partial charge in [-0.3, -0.25) is 14.9 Å². The molecule has 0 spiro atoms. The van der Waals surface area contributed by atoms with Crippen molar-refractivity contribution in [1.82, 2.24) is 5.32 Å². The smallest absolute Gasteiger partial charge is 0.271 e. The van der Waals surface area contributed by atoms with Crippen LogP contribution < -0.4 is 11.1 Å². The number of carbonyl (C=O) groups is 1. The van der Waals surface area contributed by atoms with Crippen LogP contribution >= 0.6 is 11.6 Å². The van der Waals surface area contributed by atoms with Crippen molar-refractivity contribution in [2.75, 3.05) is 19.5 Å². The molecule has 7 nitrogen and oxygen atoms in total. The van der Waals surface area contributed by atoms with Crippen LogP contribution in [-0.4, -0.2) is 30.6 Å². The maximum Gasteiger partial charge on any atom is 0.271 e. The van der Waals surface area contributed by atoms with E-state index in [4.69, 9.17) is 22.1 Å². The van der Waals surface area contributed by atoms with Crippen molar-refractivity contribution in [3.63, 3.8) is 0 Å². The van der Waals surface area contributed by atoms with Gasteiger partial charge in [-0.25, -0.2) is 0 Å². The van der Waals surface area contributed by atoms with E-state index in [-0.39, 0.29) is 33.9 Å². The Bertz CT molecular complexity index is 548. The molecule has 21 heavy (non-hydrogen) atoms. The number of hydrogen-bond acceptors (Lipinski definition) is 5. The van der Waals surface area contributed by atoms with Crippen molar-refractivity contribution in [3.05, 3.63) is 32.8 Å². The number of hydrogen-bond donors (Lipinski definition) is 2. The number of carbonyl (C=O) groups excluding carboxylic acids is 1. The lowest BCUT2D eigenvalue weighted by molar-refractivity contribution is -0.384. The number of non-ortho nitro benzene ring substituents is 1. The summed E-state index contributed by atoms with van der Waals surface area (Å²) in [5, 5.41) is 13.5. The Labute approximate surface area is 127 Å². The van der Waals surface area contributed by atoms with Crippen LogP contribution in [0.1, 0.15) is 24.2 Å². The van der Waals surface area contributed by atoms with Gasteiger partial charge in [0, 0.05) is 19.2 Å². The Kier molecular flexibility index (Phi) is 5.92. The number of nitro benzene ring substituents is 1. The molecule has 0 saturated carbocycles. The molecule has 0 fully saturated rings. The van der Waals surface area contributed by atoms with Crippen molar-refractivity contribution in [1.29, 1.82) is 0 Å². The third kappa shape index (κ3) is 4.30. The quantitative estimate of drug-likeness (QED) is 0.475. The van der Waals surface area contributed by atoms with Crippen molar-refractivity contribution in [2.24, 2.45) is 5.92 Å². The number of halogens is 1. The van der Waals surface area contributed by atoms with Gasteiger partial charge >= 0.3 is 0 Å². The van der Waals surface area contributed by atoms with E-state index in [1.54, 1.807) is 0 Å². The molecule has 1 unspecified atom stereocenters. The zero-order valence-corrected chi connectivity index (χ0v) is 12.8. The molecule has 8 heteroatoms. The Morgan fingerprint density at radius 1 is 1.52 bits per heavy atom. The third-order valence-corrected chi connectivity index (χ3v) is 3.35. The lowest BCUT2D eigenvalue weighted by Crippen LogP contribution is -2.41. The molecule has 116 valence electrons. The van der Waals surface area contributed by atoms with Crippen molar-refractivity contribution < 1.29 is 14.5 Å². The summed E-state index contributed by atoms with van der Waals surface area (Å²) in [7, 11) is 1.53. The number of nitro groups is 1. The SMILES string of the molecule is COCC(NC(=O)c1cc([N+](=O)[O-])cc(Cl)c1N)C(C)C. The molecular formula is C13H18ClN3O4. The Balaban J connectivity index is 3.09. The summed E-state index contributed by atoms with van der Waals surface area (Å²) in [4.78, 5) is 22.5. The van der Waals surface area contributed by atoms with Crippen molar-refractivity contribution in [3.8, 4) is 0 Å². The first kappa shape index (κ1) is 17.2. The summed E-state index contributed by atoms with van der Waals surface area (Å²) in [5.41, 5.74) is 5.44. The van der Waals surface area contributed by atoms with Gasteiger partial charge < -0.3 is 15.8 Å². The number of nitrogens with two attached hydrogens (primary N) is 1. The molecule has 0 aliphatic heterocycles. The van der Waals surface area contributed by atoms with Gasteiger partial charge in [0.1, 0.15) is 0 Å². The Morgan fingerprint density at radius 2 is 2.14 bits per heavy atom. The van der Waals surface area contributed by atoms with Crippen LogP contribution in [0.5, 0.6) is 0 Å². The van der Waals surface area contributed by atoms with Crippen LogP contribution in [0.25, 0.3) is 0 Å². The van der Waals surface area contributed by atoms with Crippen LogP contribution in [0, 0.1) is 16.0 Å². The van der Waals surface area contributed by atoms with Gasteiger partial charge in [-0.1, -0.05) is 25.4 Å².